The smallest absolute Gasteiger partial charge is 0.245 e. The van der Waals surface area contributed by atoms with Crippen molar-refractivity contribution in [1.29, 1.82) is 0 Å². The fourth-order valence-corrected chi connectivity index (χ4v) is 4.08. The van der Waals surface area contributed by atoms with Gasteiger partial charge in [-0.1, -0.05) is 47.6 Å². The van der Waals surface area contributed by atoms with Gasteiger partial charge in [0, 0.05) is 22.6 Å². The van der Waals surface area contributed by atoms with Crippen LogP contribution in [0, 0.1) is 0 Å². The van der Waals surface area contributed by atoms with Crippen LogP contribution in [-0.2, 0) is 6.42 Å². The molecule has 4 rings (SSSR count). The fourth-order valence-electron chi connectivity index (χ4n) is 2.95. The number of hydrogen-bond acceptors (Lipinski definition) is 6. The van der Waals surface area contributed by atoms with E-state index in [-0.39, 0.29) is 5.75 Å². The third-order valence-electron chi connectivity index (χ3n) is 4.15. The molecule has 1 aromatic heterocycles. The Morgan fingerprint density at radius 2 is 2.08 bits per heavy atom. The van der Waals surface area contributed by atoms with Crippen molar-refractivity contribution in [2.45, 2.75) is 17.7 Å². The maximum atomic E-state index is 10.5. The Kier molecular flexibility index (Phi) is 4.77. The predicted octanol–water partition coefficient (Wildman–Crippen LogP) is 5.06. The molecular formula is C18H13BrClN3O2S. The predicted molar refractivity (Wildman–Crippen MR) is 105 cm³/mol. The molecule has 1 aliphatic heterocycles. The number of hydrogen-bond donors (Lipinski definition) is 1. The Balaban J connectivity index is 1.90. The van der Waals surface area contributed by atoms with E-state index in [2.05, 4.69) is 31.1 Å². The van der Waals surface area contributed by atoms with Crippen molar-refractivity contribution in [3.8, 4) is 22.9 Å². The molecular weight excluding hydrogens is 438 g/mol. The number of benzene rings is 2. The fraction of sp³-hybridized carbons (Fsp3) is 0.167. The lowest BCUT2D eigenvalue weighted by molar-refractivity contribution is 0.194. The molecule has 132 valence electrons. The number of ether oxygens (including phenoxy) is 1. The topological polar surface area (TPSA) is 68.1 Å². The Bertz CT molecular complexity index is 1000. The van der Waals surface area contributed by atoms with Gasteiger partial charge in [0.25, 0.3) is 0 Å². The molecule has 0 radical (unpaired) electrons. The zero-order chi connectivity index (χ0) is 18.3. The molecule has 5 nitrogen and oxygen atoms in total. The highest BCUT2D eigenvalue weighted by atomic mass is 79.9. The first-order chi connectivity index (χ1) is 12.6. The second-order valence-corrected chi connectivity index (χ2v) is 7.81. The SMILES string of the molecule is CSc1nnc2c(n1)OC(c1cc(Cl)cc(Br)c1O)Cc1ccccc1-2. The highest BCUT2D eigenvalue weighted by Gasteiger charge is 2.28. The molecule has 0 bridgehead atoms. The van der Waals surface area contributed by atoms with Crippen LogP contribution < -0.4 is 4.74 Å². The van der Waals surface area contributed by atoms with Crippen LogP contribution in [0.1, 0.15) is 17.2 Å². The quantitative estimate of drug-likeness (QED) is 0.551. The zero-order valence-corrected chi connectivity index (χ0v) is 16.8. The van der Waals surface area contributed by atoms with Crippen molar-refractivity contribution in [1.82, 2.24) is 15.2 Å². The number of rotatable bonds is 2. The first-order valence-corrected chi connectivity index (χ1v) is 10.2. The summed E-state index contributed by atoms with van der Waals surface area (Å²) in [4.78, 5) is 4.48. The average molecular weight is 451 g/mol. The van der Waals surface area contributed by atoms with Gasteiger partial charge in [-0.05, 0) is 39.9 Å². The molecule has 1 unspecified atom stereocenters. The summed E-state index contributed by atoms with van der Waals surface area (Å²) in [6.45, 7) is 0. The summed E-state index contributed by atoms with van der Waals surface area (Å²) in [7, 11) is 0. The van der Waals surface area contributed by atoms with Crippen LogP contribution in [0.15, 0.2) is 46.0 Å². The van der Waals surface area contributed by atoms with Crippen LogP contribution in [0.25, 0.3) is 11.3 Å². The van der Waals surface area contributed by atoms with Gasteiger partial charge in [0.05, 0.1) is 4.47 Å². The molecule has 0 spiro atoms. The van der Waals surface area contributed by atoms with Crippen LogP contribution in [-0.4, -0.2) is 26.5 Å². The van der Waals surface area contributed by atoms with Crippen molar-refractivity contribution in [2.24, 2.45) is 0 Å². The van der Waals surface area contributed by atoms with Gasteiger partial charge in [0.1, 0.15) is 11.9 Å². The second kappa shape index (κ2) is 7.06. The average Bonchev–Trinajstić information content (AvgIpc) is 2.80. The Labute approximate surface area is 167 Å². The number of phenols is 1. The first-order valence-electron chi connectivity index (χ1n) is 7.78. The Morgan fingerprint density at radius 3 is 2.88 bits per heavy atom. The maximum Gasteiger partial charge on any atom is 0.245 e. The van der Waals surface area contributed by atoms with E-state index in [1.165, 1.54) is 11.8 Å². The second-order valence-electron chi connectivity index (χ2n) is 5.75. The summed E-state index contributed by atoms with van der Waals surface area (Å²) < 4.78 is 6.71. The van der Waals surface area contributed by atoms with E-state index in [1.54, 1.807) is 12.1 Å². The molecule has 0 amide bonds. The minimum atomic E-state index is -0.459. The van der Waals surface area contributed by atoms with E-state index in [0.29, 0.717) is 38.2 Å². The molecule has 3 aromatic rings. The highest BCUT2D eigenvalue weighted by molar-refractivity contribution is 9.10. The zero-order valence-electron chi connectivity index (χ0n) is 13.6. The Hall–Kier alpha value is -1.83. The highest BCUT2D eigenvalue weighted by Crippen LogP contribution is 2.43. The number of nitrogens with zero attached hydrogens (tertiary/aromatic N) is 3. The van der Waals surface area contributed by atoms with Crippen molar-refractivity contribution in [2.75, 3.05) is 6.26 Å². The van der Waals surface area contributed by atoms with E-state index >= 15 is 0 Å². The van der Waals surface area contributed by atoms with Gasteiger partial charge in [0.15, 0.2) is 5.69 Å². The van der Waals surface area contributed by atoms with E-state index < -0.39 is 6.10 Å². The summed E-state index contributed by atoms with van der Waals surface area (Å²) in [5.74, 6) is 0.502. The van der Waals surface area contributed by atoms with Crippen LogP contribution in [0.3, 0.4) is 0 Å². The van der Waals surface area contributed by atoms with E-state index in [0.717, 1.165) is 11.1 Å². The Morgan fingerprint density at radius 1 is 1.27 bits per heavy atom. The van der Waals surface area contributed by atoms with Gasteiger partial charge in [-0.25, -0.2) is 0 Å². The molecule has 26 heavy (non-hydrogen) atoms. The molecule has 0 saturated heterocycles. The lowest BCUT2D eigenvalue weighted by atomic mass is 9.97. The van der Waals surface area contributed by atoms with Crippen molar-refractivity contribution in [3.05, 3.63) is 57.0 Å². The molecule has 1 N–H and O–H groups in total. The van der Waals surface area contributed by atoms with Gasteiger partial charge in [-0.2, -0.15) is 4.98 Å². The van der Waals surface area contributed by atoms with Crippen LogP contribution in [0.2, 0.25) is 5.02 Å². The number of fused-ring (bicyclic) bond motifs is 3. The third-order valence-corrected chi connectivity index (χ3v) is 5.51. The molecule has 0 fully saturated rings. The van der Waals surface area contributed by atoms with Gasteiger partial charge < -0.3 is 9.84 Å². The van der Waals surface area contributed by atoms with E-state index in [4.69, 9.17) is 16.3 Å². The number of thioether (sulfide) groups is 1. The minimum absolute atomic E-state index is 0.104. The largest absolute Gasteiger partial charge is 0.506 e. The molecule has 2 aromatic carbocycles. The summed E-state index contributed by atoms with van der Waals surface area (Å²) in [5, 5.41) is 20.0. The molecule has 2 heterocycles. The first kappa shape index (κ1) is 17.6. The normalized spacial score (nSPS) is 15.6. The number of halogens is 2. The summed E-state index contributed by atoms with van der Waals surface area (Å²) >= 11 is 10.9. The van der Waals surface area contributed by atoms with Crippen molar-refractivity contribution < 1.29 is 9.84 Å². The van der Waals surface area contributed by atoms with Crippen molar-refractivity contribution in [3.63, 3.8) is 0 Å². The van der Waals surface area contributed by atoms with Gasteiger partial charge in [-0.15, -0.1) is 10.2 Å². The number of aromatic hydroxyl groups is 1. The van der Waals surface area contributed by atoms with Crippen LogP contribution in [0.4, 0.5) is 0 Å². The third kappa shape index (κ3) is 3.15. The maximum absolute atomic E-state index is 10.5. The molecule has 0 aliphatic carbocycles. The lowest BCUT2D eigenvalue weighted by Crippen LogP contribution is -2.11. The lowest BCUT2D eigenvalue weighted by Gasteiger charge is -2.19. The number of aromatic nitrogens is 3. The number of phenolic OH excluding ortho intramolecular Hbond substituents is 1. The van der Waals surface area contributed by atoms with Crippen LogP contribution >= 0.6 is 39.3 Å². The van der Waals surface area contributed by atoms with Gasteiger partial charge >= 0.3 is 0 Å². The monoisotopic (exact) mass is 449 g/mol. The van der Waals surface area contributed by atoms with Crippen LogP contribution in [0.5, 0.6) is 11.6 Å². The van der Waals surface area contributed by atoms with Gasteiger partial charge in [-0.3, -0.25) is 0 Å². The van der Waals surface area contributed by atoms with E-state index in [9.17, 15) is 5.11 Å². The molecule has 0 saturated carbocycles. The molecule has 8 heteroatoms. The molecule has 1 atom stereocenters. The summed E-state index contributed by atoms with van der Waals surface area (Å²) in [5.41, 5.74) is 3.16. The van der Waals surface area contributed by atoms with Gasteiger partial charge in [0.2, 0.25) is 11.0 Å². The van der Waals surface area contributed by atoms with E-state index in [1.807, 2.05) is 30.5 Å². The summed E-state index contributed by atoms with van der Waals surface area (Å²) in [6.07, 6.45) is 1.97. The summed E-state index contributed by atoms with van der Waals surface area (Å²) in [6, 6.07) is 11.3. The van der Waals surface area contributed by atoms with Crippen molar-refractivity contribution >= 4 is 39.3 Å². The minimum Gasteiger partial charge on any atom is -0.506 e. The molecule has 1 aliphatic rings. The standard InChI is InChI=1S/C18H13BrClN3O2S/c1-26-18-21-17-15(22-23-18)11-5-3-2-4-9(11)6-14(25-17)12-7-10(20)8-13(19)16(12)24/h2-5,7-8,14,24H,6H2,1H3.